The number of nitrogens with one attached hydrogen (secondary N) is 3. The number of anilines is 2. The van der Waals surface area contributed by atoms with Crippen LogP contribution in [0.1, 0.15) is 33.6 Å². The van der Waals surface area contributed by atoms with Gasteiger partial charge in [-0.15, -0.1) is 0 Å². The lowest BCUT2D eigenvalue weighted by atomic mass is 9.96. The van der Waals surface area contributed by atoms with Gasteiger partial charge >= 0.3 is 6.03 Å². The fourth-order valence-corrected chi connectivity index (χ4v) is 2.41. The zero-order valence-corrected chi connectivity index (χ0v) is 15.0. The molecule has 0 aliphatic carbocycles. The van der Waals surface area contributed by atoms with Crippen LogP contribution in [0.25, 0.3) is 0 Å². The van der Waals surface area contributed by atoms with Crippen LogP contribution in [-0.2, 0) is 9.59 Å². The summed E-state index contributed by atoms with van der Waals surface area (Å²) in [7, 11) is 0. The van der Waals surface area contributed by atoms with Gasteiger partial charge in [0.15, 0.2) is 0 Å². The second-order valence-electron chi connectivity index (χ2n) is 7.09. The highest BCUT2D eigenvalue weighted by Crippen LogP contribution is 2.21. The lowest BCUT2D eigenvalue weighted by molar-refractivity contribution is -0.128. The highest BCUT2D eigenvalue weighted by Gasteiger charge is 2.21. The van der Waals surface area contributed by atoms with E-state index in [9.17, 15) is 14.4 Å². The Hall–Kier alpha value is -2.57. The number of carbonyl (C=O) groups excluding carboxylic acids is 3. The molecular formula is C18H26N4O3. The van der Waals surface area contributed by atoms with Crippen LogP contribution < -0.4 is 20.9 Å². The normalized spacial score (nSPS) is 14.2. The molecule has 0 unspecified atom stereocenters. The second kappa shape index (κ2) is 8.00. The van der Waals surface area contributed by atoms with Crippen LogP contribution in [0.5, 0.6) is 0 Å². The average Bonchev–Trinajstić information content (AvgIpc) is 2.96. The largest absolute Gasteiger partial charge is 0.356 e. The van der Waals surface area contributed by atoms with Crippen molar-refractivity contribution in [1.29, 1.82) is 0 Å². The van der Waals surface area contributed by atoms with Crippen LogP contribution in [0, 0.1) is 5.41 Å². The van der Waals surface area contributed by atoms with Gasteiger partial charge in [-0.1, -0.05) is 26.8 Å². The SMILES string of the molecule is CC(C)(C)C(=O)NCCCC(=O)Nc1cccc(N2CCNC2=O)c1. The fourth-order valence-electron chi connectivity index (χ4n) is 2.41. The van der Waals surface area contributed by atoms with Gasteiger partial charge in [0.2, 0.25) is 11.8 Å². The van der Waals surface area contributed by atoms with E-state index in [0.717, 1.165) is 5.69 Å². The molecule has 0 aromatic heterocycles. The molecule has 7 heteroatoms. The summed E-state index contributed by atoms with van der Waals surface area (Å²) in [6.07, 6.45) is 0.890. The molecule has 0 bridgehead atoms. The number of hydrogen-bond donors (Lipinski definition) is 3. The molecule has 1 aliphatic rings. The number of nitrogens with zero attached hydrogens (tertiary/aromatic N) is 1. The van der Waals surface area contributed by atoms with Crippen LogP contribution in [0.4, 0.5) is 16.2 Å². The summed E-state index contributed by atoms with van der Waals surface area (Å²) in [6.45, 7) is 7.25. The first-order valence-electron chi connectivity index (χ1n) is 8.51. The molecule has 25 heavy (non-hydrogen) atoms. The summed E-state index contributed by atoms with van der Waals surface area (Å²) in [5.41, 5.74) is 0.982. The fraction of sp³-hybridized carbons (Fsp3) is 0.500. The Morgan fingerprint density at radius 2 is 2.04 bits per heavy atom. The van der Waals surface area contributed by atoms with E-state index in [1.807, 2.05) is 26.8 Å². The Morgan fingerprint density at radius 3 is 2.68 bits per heavy atom. The molecule has 1 saturated heterocycles. The molecule has 0 spiro atoms. The maximum absolute atomic E-state index is 12.0. The van der Waals surface area contributed by atoms with Gasteiger partial charge in [-0.05, 0) is 24.6 Å². The first-order chi connectivity index (χ1) is 11.8. The minimum atomic E-state index is -0.426. The highest BCUT2D eigenvalue weighted by atomic mass is 16.2. The Labute approximate surface area is 148 Å². The van der Waals surface area contributed by atoms with E-state index in [0.29, 0.717) is 38.2 Å². The van der Waals surface area contributed by atoms with Gasteiger partial charge in [-0.25, -0.2) is 4.79 Å². The van der Waals surface area contributed by atoms with Gasteiger partial charge in [0.05, 0.1) is 0 Å². The van der Waals surface area contributed by atoms with E-state index in [-0.39, 0.29) is 17.8 Å². The van der Waals surface area contributed by atoms with E-state index in [2.05, 4.69) is 16.0 Å². The quantitative estimate of drug-likeness (QED) is 0.689. The Kier molecular flexibility index (Phi) is 6.01. The summed E-state index contributed by atoms with van der Waals surface area (Å²) in [6, 6.07) is 7.09. The van der Waals surface area contributed by atoms with Crippen molar-refractivity contribution in [2.24, 2.45) is 5.41 Å². The smallest absolute Gasteiger partial charge is 0.321 e. The molecular weight excluding hydrogens is 320 g/mol. The zero-order chi connectivity index (χ0) is 18.4. The topological polar surface area (TPSA) is 90.5 Å². The van der Waals surface area contributed by atoms with Crippen molar-refractivity contribution in [3.63, 3.8) is 0 Å². The van der Waals surface area contributed by atoms with E-state index < -0.39 is 5.41 Å². The molecule has 2 rings (SSSR count). The number of amides is 4. The van der Waals surface area contributed by atoms with Crippen molar-refractivity contribution in [2.75, 3.05) is 29.9 Å². The van der Waals surface area contributed by atoms with Gasteiger partial charge in [0, 0.05) is 42.8 Å². The monoisotopic (exact) mass is 346 g/mol. The zero-order valence-electron chi connectivity index (χ0n) is 15.0. The molecule has 1 heterocycles. The van der Waals surface area contributed by atoms with Crippen molar-refractivity contribution in [2.45, 2.75) is 33.6 Å². The third-order valence-electron chi connectivity index (χ3n) is 3.85. The molecule has 1 fully saturated rings. The third kappa shape index (κ3) is 5.48. The van der Waals surface area contributed by atoms with E-state index in [4.69, 9.17) is 0 Å². The van der Waals surface area contributed by atoms with E-state index in [1.54, 1.807) is 23.1 Å². The van der Waals surface area contributed by atoms with Crippen molar-refractivity contribution in [3.05, 3.63) is 24.3 Å². The average molecular weight is 346 g/mol. The number of rotatable bonds is 6. The highest BCUT2D eigenvalue weighted by molar-refractivity contribution is 5.96. The minimum absolute atomic E-state index is 0.0236. The number of carbonyl (C=O) groups is 3. The Morgan fingerprint density at radius 1 is 1.28 bits per heavy atom. The van der Waals surface area contributed by atoms with Crippen molar-refractivity contribution < 1.29 is 14.4 Å². The molecule has 7 nitrogen and oxygen atoms in total. The lowest BCUT2D eigenvalue weighted by Crippen LogP contribution is -2.35. The molecule has 3 N–H and O–H groups in total. The first kappa shape index (κ1) is 18.8. The number of hydrogen-bond acceptors (Lipinski definition) is 3. The maximum atomic E-state index is 12.0. The van der Waals surface area contributed by atoms with Crippen molar-refractivity contribution in [1.82, 2.24) is 10.6 Å². The van der Waals surface area contributed by atoms with Crippen molar-refractivity contribution in [3.8, 4) is 0 Å². The molecule has 0 atom stereocenters. The van der Waals surface area contributed by atoms with Crippen LogP contribution in [0.15, 0.2) is 24.3 Å². The minimum Gasteiger partial charge on any atom is -0.356 e. The molecule has 4 amide bonds. The van der Waals surface area contributed by atoms with Gasteiger partial charge in [-0.2, -0.15) is 0 Å². The molecule has 0 radical (unpaired) electrons. The number of urea groups is 1. The van der Waals surface area contributed by atoms with Gasteiger partial charge in [0.25, 0.3) is 0 Å². The maximum Gasteiger partial charge on any atom is 0.321 e. The van der Waals surface area contributed by atoms with Crippen molar-refractivity contribution >= 4 is 29.2 Å². The van der Waals surface area contributed by atoms with Crippen LogP contribution in [0.2, 0.25) is 0 Å². The van der Waals surface area contributed by atoms with E-state index >= 15 is 0 Å². The van der Waals surface area contributed by atoms with Crippen LogP contribution in [-0.4, -0.2) is 37.5 Å². The van der Waals surface area contributed by atoms with E-state index in [1.165, 1.54) is 0 Å². The molecule has 0 saturated carbocycles. The molecule has 1 aromatic rings. The summed E-state index contributed by atoms with van der Waals surface area (Å²) in [5, 5.41) is 8.40. The van der Waals surface area contributed by atoms with Gasteiger partial charge in [0.1, 0.15) is 0 Å². The lowest BCUT2D eigenvalue weighted by Gasteiger charge is -2.17. The molecule has 1 aromatic carbocycles. The predicted octanol–water partition coefficient (Wildman–Crippen LogP) is 2.10. The first-order valence-corrected chi connectivity index (χ1v) is 8.51. The Bertz CT molecular complexity index is 652. The summed E-state index contributed by atoms with van der Waals surface area (Å²) in [4.78, 5) is 37.1. The summed E-state index contributed by atoms with van der Waals surface area (Å²) >= 11 is 0. The molecule has 1 aliphatic heterocycles. The van der Waals surface area contributed by atoms with Crippen LogP contribution >= 0.6 is 0 Å². The Balaban J connectivity index is 1.79. The van der Waals surface area contributed by atoms with Crippen LogP contribution in [0.3, 0.4) is 0 Å². The second-order valence-corrected chi connectivity index (χ2v) is 7.09. The van der Waals surface area contributed by atoms with Gasteiger partial charge in [-0.3, -0.25) is 14.5 Å². The number of benzene rings is 1. The molecule has 136 valence electrons. The standard InChI is InChI=1S/C18H26N4O3/c1-18(2,3)16(24)19-9-5-8-15(23)21-13-6-4-7-14(12-13)22-11-10-20-17(22)25/h4,6-7,12H,5,8-11H2,1-3H3,(H,19,24)(H,20,25)(H,21,23). The predicted molar refractivity (Wildman–Crippen MR) is 97.5 cm³/mol. The third-order valence-corrected chi connectivity index (χ3v) is 3.85. The van der Waals surface area contributed by atoms with Gasteiger partial charge < -0.3 is 16.0 Å². The summed E-state index contributed by atoms with van der Waals surface area (Å²) in [5.74, 6) is -0.141. The summed E-state index contributed by atoms with van der Waals surface area (Å²) < 4.78 is 0.